The fraction of sp³-hybridized carbons (Fsp3) is 0.120. The van der Waals surface area contributed by atoms with E-state index in [4.69, 9.17) is 4.74 Å². The first-order valence-electron chi connectivity index (χ1n) is 10.4. The van der Waals surface area contributed by atoms with Gasteiger partial charge in [0.1, 0.15) is 17.6 Å². The van der Waals surface area contributed by atoms with E-state index in [0.717, 1.165) is 4.47 Å². The van der Waals surface area contributed by atoms with Crippen molar-refractivity contribution < 1.29 is 24.4 Å². The molecule has 4 rings (SSSR count). The van der Waals surface area contributed by atoms with Crippen LogP contribution in [0.25, 0.3) is 5.76 Å². The SMILES string of the molecule is CCOc1ccc(C(O)=C2C(=O)C(=O)N(c3ccc(Br)cc3)[C@@H]2c2ccccc2[N+](=O)[O-])cc1. The number of ketones is 1. The van der Waals surface area contributed by atoms with Crippen LogP contribution >= 0.6 is 15.9 Å². The highest BCUT2D eigenvalue weighted by atomic mass is 79.9. The standard InChI is InChI=1S/C25H19BrN2O6/c1-2-34-18-13-7-15(8-14-18)23(29)21-22(19-5-3-4-6-20(19)28(32)33)27(25(31)24(21)30)17-11-9-16(26)10-12-17/h3-14,22,29H,2H2,1H3/t22-/m1/s1. The van der Waals surface area contributed by atoms with Gasteiger partial charge in [-0.15, -0.1) is 0 Å². The number of aliphatic hydroxyl groups excluding tert-OH is 1. The van der Waals surface area contributed by atoms with Crippen LogP contribution in [0, 0.1) is 10.1 Å². The third-order valence-electron chi connectivity index (χ3n) is 5.42. The number of nitro benzene ring substituents is 1. The van der Waals surface area contributed by atoms with Crippen molar-refractivity contribution in [2.75, 3.05) is 11.5 Å². The number of para-hydroxylation sites is 1. The molecule has 3 aromatic carbocycles. The number of hydrogen-bond donors (Lipinski definition) is 1. The number of benzene rings is 3. The van der Waals surface area contributed by atoms with E-state index in [1.54, 1.807) is 54.6 Å². The molecule has 1 fully saturated rings. The van der Waals surface area contributed by atoms with Crippen molar-refractivity contribution in [3.05, 3.63) is 104 Å². The molecule has 3 aromatic rings. The molecule has 0 spiro atoms. The molecule has 8 nitrogen and oxygen atoms in total. The zero-order valence-electron chi connectivity index (χ0n) is 18.0. The average molecular weight is 523 g/mol. The highest BCUT2D eigenvalue weighted by molar-refractivity contribution is 9.10. The molecule has 1 aliphatic rings. The minimum atomic E-state index is -1.20. The van der Waals surface area contributed by atoms with Crippen LogP contribution in [0.5, 0.6) is 5.75 Å². The molecule has 1 aliphatic heterocycles. The lowest BCUT2D eigenvalue weighted by atomic mass is 9.94. The summed E-state index contributed by atoms with van der Waals surface area (Å²) < 4.78 is 6.17. The molecule has 0 aliphatic carbocycles. The second kappa shape index (κ2) is 9.48. The molecule has 1 N–H and O–H groups in total. The van der Waals surface area contributed by atoms with Crippen LogP contribution in [0.2, 0.25) is 0 Å². The highest BCUT2D eigenvalue weighted by Crippen LogP contribution is 2.44. The fourth-order valence-electron chi connectivity index (χ4n) is 3.91. The first kappa shape index (κ1) is 23.2. The Balaban J connectivity index is 1.95. The lowest BCUT2D eigenvalue weighted by Gasteiger charge is -2.25. The van der Waals surface area contributed by atoms with Gasteiger partial charge >= 0.3 is 0 Å². The van der Waals surface area contributed by atoms with Crippen LogP contribution in [-0.2, 0) is 9.59 Å². The van der Waals surface area contributed by atoms with E-state index in [-0.39, 0.29) is 22.4 Å². The fourth-order valence-corrected chi connectivity index (χ4v) is 4.18. The summed E-state index contributed by atoms with van der Waals surface area (Å²) in [6, 6.07) is 17.7. The quantitative estimate of drug-likeness (QED) is 0.153. The topological polar surface area (TPSA) is 110 Å². The van der Waals surface area contributed by atoms with Crippen LogP contribution < -0.4 is 9.64 Å². The van der Waals surface area contributed by atoms with Gasteiger partial charge < -0.3 is 9.84 Å². The van der Waals surface area contributed by atoms with Gasteiger partial charge in [0.05, 0.1) is 22.7 Å². The summed E-state index contributed by atoms with van der Waals surface area (Å²) in [7, 11) is 0. The van der Waals surface area contributed by atoms with E-state index in [0.29, 0.717) is 18.0 Å². The first-order chi connectivity index (χ1) is 16.3. The van der Waals surface area contributed by atoms with E-state index >= 15 is 0 Å². The van der Waals surface area contributed by atoms with Gasteiger partial charge in [-0.1, -0.05) is 28.1 Å². The summed E-state index contributed by atoms with van der Waals surface area (Å²) in [5, 5.41) is 23.0. The monoisotopic (exact) mass is 522 g/mol. The Bertz CT molecular complexity index is 1300. The molecule has 1 saturated heterocycles. The highest BCUT2D eigenvalue weighted by Gasteiger charge is 2.48. The predicted octanol–water partition coefficient (Wildman–Crippen LogP) is 5.38. The Morgan fingerprint density at radius 1 is 1.06 bits per heavy atom. The maximum Gasteiger partial charge on any atom is 0.300 e. The molecule has 0 bridgehead atoms. The zero-order chi connectivity index (χ0) is 24.4. The number of ether oxygens (including phenoxy) is 1. The van der Waals surface area contributed by atoms with Crippen molar-refractivity contribution in [2.45, 2.75) is 13.0 Å². The Morgan fingerprint density at radius 2 is 1.71 bits per heavy atom. The number of nitrogens with zero attached hydrogens (tertiary/aromatic N) is 2. The van der Waals surface area contributed by atoms with Crippen molar-refractivity contribution >= 4 is 44.8 Å². The third-order valence-corrected chi connectivity index (χ3v) is 5.94. The molecular weight excluding hydrogens is 504 g/mol. The van der Waals surface area contributed by atoms with Crippen LogP contribution in [0.4, 0.5) is 11.4 Å². The van der Waals surface area contributed by atoms with Gasteiger partial charge in [0.2, 0.25) is 0 Å². The Kier molecular flexibility index (Phi) is 6.47. The first-order valence-corrected chi connectivity index (χ1v) is 11.2. The molecule has 0 saturated carbocycles. The maximum atomic E-state index is 13.2. The number of anilines is 1. The van der Waals surface area contributed by atoms with Crippen LogP contribution in [-0.4, -0.2) is 28.3 Å². The molecule has 172 valence electrons. The van der Waals surface area contributed by atoms with Gasteiger partial charge in [-0.2, -0.15) is 0 Å². The van der Waals surface area contributed by atoms with E-state index in [1.165, 1.54) is 23.1 Å². The van der Waals surface area contributed by atoms with E-state index in [1.807, 2.05) is 6.92 Å². The molecule has 1 amide bonds. The van der Waals surface area contributed by atoms with Crippen LogP contribution in [0.3, 0.4) is 0 Å². The Hall–Kier alpha value is -3.98. The van der Waals surface area contributed by atoms with E-state index in [2.05, 4.69) is 15.9 Å². The minimum absolute atomic E-state index is 0.113. The number of nitro groups is 1. The van der Waals surface area contributed by atoms with Crippen molar-refractivity contribution in [3.8, 4) is 5.75 Å². The lowest BCUT2D eigenvalue weighted by molar-refractivity contribution is -0.385. The maximum absolute atomic E-state index is 13.2. The molecular formula is C25H19BrN2O6. The molecule has 0 unspecified atom stereocenters. The molecule has 1 heterocycles. The average Bonchev–Trinajstić information content (AvgIpc) is 3.10. The number of amides is 1. The Morgan fingerprint density at radius 3 is 2.32 bits per heavy atom. The molecule has 34 heavy (non-hydrogen) atoms. The largest absolute Gasteiger partial charge is 0.507 e. The van der Waals surface area contributed by atoms with Crippen molar-refractivity contribution in [3.63, 3.8) is 0 Å². The van der Waals surface area contributed by atoms with Crippen molar-refractivity contribution in [2.24, 2.45) is 0 Å². The second-order valence-corrected chi connectivity index (χ2v) is 8.33. The van der Waals surface area contributed by atoms with Gasteiger partial charge in [-0.05, 0) is 61.5 Å². The number of hydrogen-bond acceptors (Lipinski definition) is 6. The van der Waals surface area contributed by atoms with Gasteiger partial charge in [0.15, 0.2) is 0 Å². The predicted molar refractivity (Wildman–Crippen MR) is 130 cm³/mol. The third kappa shape index (κ3) is 4.17. The summed E-state index contributed by atoms with van der Waals surface area (Å²) in [4.78, 5) is 38.8. The molecule has 1 atom stereocenters. The van der Waals surface area contributed by atoms with E-state index < -0.39 is 28.4 Å². The number of carbonyl (C=O) groups is 2. The Labute approximate surface area is 203 Å². The van der Waals surface area contributed by atoms with Crippen molar-refractivity contribution in [1.29, 1.82) is 0 Å². The summed E-state index contributed by atoms with van der Waals surface area (Å²) >= 11 is 3.34. The minimum Gasteiger partial charge on any atom is -0.507 e. The van der Waals surface area contributed by atoms with Gasteiger partial charge in [0, 0.05) is 21.8 Å². The number of halogens is 1. The molecule has 9 heteroatoms. The van der Waals surface area contributed by atoms with Crippen LogP contribution in [0.15, 0.2) is 82.8 Å². The van der Waals surface area contributed by atoms with Gasteiger partial charge in [0.25, 0.3) is 17.4 Å². The second-order valence-electron chi connectivity index (χ2n) is 7.42. The number of aliphatic hydroxyl groups is 1. The van der Waals surface area contributed by atoms with Crippen LogP contribution in [0.1, 0.15) is 24.1 Å². The van der Waals surface area contributed by atoms with Crippen molar-refractivity contribution in [1.82, 2.24) is 0 Å². The summed E-state index contributed by atoms with van der Waals surface area (Å²) in [6.07, 6.45) is 0. The van der Waals surface area contributed by atoms with Gasteiger partial charge in [-0.25, -0.2) is 0 Å². The smallest absolute Gasteiger partial charge is 0.300 e. The number of carbonyl (C=O) groups excluding carboxylic acids is 2. The molecule has 0 radical (unpaired) electrons. The lowest BCUT2D eigenvalue weighted by Crippen LogP contribution is -2.29. The zero-order valence-corrected chi connectivity index (χ0v) is 19.6. The number of rotatable bonds is 6. The summed E-state index contributed by atoms with van der Waals surface area (Å²) in [5.41, 5.74) is 0.252. The normalized spacial score (nSPS) is 17.1. The van der Waals surface area contributed by atoms with E-state index in [9.17, 15) is 24.8 Å². The molecule has 0 aromatic heterocycles. The van der Waals surface area contributed by atoms with Gasteiger partial charge in [-0.3, -0.25) is 24.6 Å². The summed E-state index contributed by atoms with van der Waals surface area (Å²) in [6.45, 7) is 2.30. The number of Topliss-reactive ketones (excluding diaryl/α,β-unsaturated/α-hetero) is 1. The summed E-state index contributed by atoms with van der Waals surface area (Å²) in [5.74, 6) is -1.68.